The summed E-state index contributed by atoms with van der Waals surface area (Å²) in [4.78, 5) is 34.0. The van der Waals surface area contributed by atoms with Crippen molar-refractivity contribution in [1.29, 1.82) is 0 Å². The molecule has 1 saturated heterocycles. The lowest BCUT2D eigenvalue weighted by Crippen LogP contribution is -2.41. The summed E-state index contributed by atoms with van der Waals surface area (Å²) in [6, 6.07) is -0.486. The topological polar surface area (TPSA) is 98.5 Å². The molecule has 1 aliphatic heterocycles. The largest absolute Gasteiger partial charge is 0.374 e. The Hall–Kier alpha value is -1.43. The first kappa shape index (κ1) is 14.6. The van der Waals surface area contributed by atoms with Gasteiger partial charge in [0.15, 0.2) is 5.78 Å². The van der Waals surface area contributed by atoms with E-state index in [1.54, 1.807) is 6.92 Å². The zero-order valence-corrected chi connectivity index (χ0v) is 10.5. The van der Waals surface area contributed by atoms with Crippen molar-refractivity contribution >= 4 is 17.6 Å². The molecule has 0 aromatic heterocycles. The average molecular weight is 255 g/mol. The molecular formula is C12H19N2O4. The number of primary amides is 1. The van der Waals surface area contributed by atoms with Gasteiger partial charge < -0.3 is 15.8 Å². The normalized spacial score (nSPS) is 22.1. The number of nitrogens with one attached hydrogen (secondary N) is 1. The third kappa shape index (κ3) is 4.83. The SMILES string of the molecule is C[C@@H](C[CH]C(=O)N[C@H]1CCCOCC1=O)C(N)=O. The molecule has 0 aliphatic carbocycles. The van der Waals surface area contributed by atoms with Crippen LogP contribution in [0.25, 0.3) is 0 Å². The molecule has 0 saturated carbocycles. The minimum absolute atomic E-state index is 0.0443. The first-order valence-electron chi connectivity index (χ1n) is 6.04. The third-order valence-corrected chi connectivity index (χ3v) is 2.87. The predicted octanol–water partition coefficient (Wildman–Crippen LogP) is -0.434. The molecule has 0 bridgehead atoms. The van der Waals surface area contributed by atoms with Crippen LogP contribution in [0, 0.1) is 12.3 Å². The van der Waals surface area contributed by atoms with Crippen LogP contribution in [0.15, 0.2) is 0 Å². The predicted molar refractivity (Wildman–Crippen MR) is 64.3 cm³/mol. The van der Waals surface area contributed by atoms with Crippen LogP contribution in [-0.4, -0.2) is 36.9 Å². The summed E-state index contributed by atoms with van der Waals surface area (Å²) in [5.41, 5.74) is 5.09. The number of hydrogen-bond donors (Lipinski definition) is 2. The molecule has 0 spiro atoms. The van der Waals surface area contributed by atoms with Crippen molar-refractivity contribution in [2.45, 2.75) is 32.2 Å². The monoisotopic (exact) mass is 255 g/mol. The number of ether oxygens (including phenoxy) is 1. The molecule has 1 aliphatic rings. The molecule has 1 fully saturated rings. The highest BCUT2D eigenvalue weighted by atomic mass is 16.5. The maximum atomic E-state index is 11.6. The van der Waals surface area contributed by atoms with Gasteiger partial charge in [0.05, 0.1) is 12.5 Å². The van der Waals surface area contributed by atoms with Crippen LogP contribution < -0.4 is 11.1 Å². The van der Waals surface area contributed by atoms with Crippen molar-refractivity contribution < 1.29 is 19.1 Å². The van der Waals surface area contributed by atoms with Crippen LogP contribution in [-0.2, 0) is 19.1 Å². The summed E-state index contributed by atoms with van der Waals surface area (Å²) >= 11 is 0. The molecule has 18 heavy (non-hydrogen) atoms. The Morgan fingerprint density at radius 2 is 2.33 bits per heavy atom. The van der Waals surface area contributed by atoms with Crippen molar-refractivity contribution in [3.63, 3.8) is 0 Å². The van der Waals surface area contributed by atoms with Gasteiger partial charge in [-0.2, -0.15) is 0 Å². The second kappa shape index (κ2) is 7.10. The van der Waals surface area contributed by atoms with E-state index in [1.807, 2.05) is 0 Å². The summed E-state index contributed by atoms with van der Waals surface area (Å²) < 4.78 is 5.08. The van der Waals surface area contributed by atoms with E-state index < -0.39 is 11.9 Å². The smallest absolute Gasteiger partial charge is 0.224 e. The van der Waals surface area contributed by atoms with Crippen molar-refractivity contribution in [2.75, 3.05) is 13.2 Å². The number of ketones is 1. The summed E-state index contributed by atoms with van der Waals surface area (Å²) in [5, 5.41) is 2.63. The van der Waals surface area contributed by atoms with Gasteiger partial charge in [-0.1, -0.05) is 6.92 Å². The molecule has 2 atom stereocenters. The Balaban J connectivity index is 2.34. The van der Waals surface area contributed by atoms with E-state index in [2.05, 4.69) is 5.32 Å². The van der Waals surface area contributed by atoms with E-state index in [9.17, 15) is 14.4 Å². The van der Waals surface area contributed by atoms with Gasteiger partial charge in [-0.3, -0.25) is 14.4 Å². The van der Waals surface area contributed by atoms with E-state index in [0.29, 0.717) is 13.0 Å². The van der Waals surface area contributed by atoms with Gasteiger partial charge >= 0.3 is 0 Å². The van der Waals surface area contributed by atoms with E-state index >= 15 is 0 Å². The fraction of sp³-hybridized carbons (Fsp3) is 0.667. The molecule has 0 aromatic carbocycles. The maximum Gasteiger partial charge on any atom is 0.224 e. The van der Waals surface area contributed by atoms with E-state index in [1.165, 1.54) is 6.42 Å². The third-order valence-electron chi connectivity index (χ3n) is 2.87. The minimum Gasteiger partial charge on any atom is -0.374 e. The highest BCUT2D eigenvalue weighted by Gasteiger charge is 2.23. The Bertz CT molecular complexity index is 330. The van der Waals surface area contributed by atoms with Gasteiger partial charge in [-0.15, -0.1) is 0 Å². The van der Waals surface area contributed by atoms with Crippen molar-refractivity contribution in [3.05, 3.63) is 6.42 Å². The molecule has 101 valence electrons. The number of amides is 2. The maximum absolute atomic E-state index is 11.6. The summed E-state index contributed by atoms with van der Waals surface area (Å²) in [6.07, 6.45) is 2.96. The van der Waals surface area contributed by atoms with Crippen LogP contribution in [0.4, 0.5) is 0 Å². The minimum atomic E-state index is -0.486. The lowest BCUT2D eigenvalue weighted by atomic mass is 10.0. The van der Waals surface area contributed by atoms with Crippen LogP contribution in [0.2, 0.25) is 0 Å². The van der Waals surface area contributed by atoms with Crippen LogP contribution >= 0.6 is 0 Å². The number of nitrogens with two attached hydrogens (primary N) is 1. The second-order valence-electron chi connectivity index (χ2n) is 4.47. The summed E-state index contributed by atoms with van der Waals surface area (Å²) in [7, 11) is 0. The molecule has 6 heteroatoms. The van der Waals surface area contributed by atoms with Gasteiger partial charge in [0, 0.05) is 12.5 Å². The van der Waals surface area contributed by atoms with E-state index in [4.69, 9.17) is 10.5 Å². The van der Waals surface area contributed by atoms with Gasteiger partial charge in [-0.05, 0) is 19.3 Å². The second-order valence-corrected chi connectivity index (χ2v) is 4.47. The molecule has 0 aromatic rings. The van der Waals surface area contributed by atoms with Gasteiger partial charge in [0.2, 0.25) is 11.8 Å². The highest BCUT2D eigenvalue weighted by Crippen LogP contribution is 2.07. The van der Waals surface area contributed by atoms with Gasteiger partial charge in [0.1, 0.15) is 6.61 Å². The molecule has 1 radical (unpaired) electrons. The van der Waals surface area contributed by atoms with Gasteiger partial charge in [-0.25, -0.2) is 0 Å². The number of carbonyl (C=O) groups excluding carboxylic acids is 3. The zero-order valence-electron chi connectivity index (χ0n) is 10.5. The Kier molecular flexibility index (Phi) is 5.77. The molecule has 2 amide bonds. The highest BCUT2D eigenvalue weighted by molar-refractivity contribution is 5.93. The van der Waals surface area contributed by atoms with E-state index in [-0.39, 0.29) is 30.6 Å². The van der Waals surface area contributed by atoms with Crippen molar-refractivity contribution in [2.24, 2.45) is 11.7 Å². The Labute approximate surface area is 106 Å². The van der Waals surface area contributed by atoms with Crippen molar-refractivity contribution in [1.82, 2.24) is 5.32 Å². The van der Waals surface area contributed by atoms with E-state index in [0.717, 1.165) is 6.42 Å². The quantitative estimate of drug-likeness (QED) is 0.696. The zero-order chi connectivity index (χ0) is 13.5. The lowest BCUT2D eigenvalue weighted by Gasteiger charge is -2.14. The Morgan fingerprint density at radius 3 is 3.00 bits per heavy atom. The fourth-order valence-corrected chi connectivity index (χ4v) is 1.61. The van der Waals surface area contributed by atoms with Crippen molar-refractivity contribution in [3.8, 4) is 0 Å². The molecular weight excluding hydrogens is 236 g/mol. The number of carbonyl (C=O) groups is 3. The molecule has 1 rings (SSSR count). The van der Waals surface area contributed by atoms with Crippen LogP contribution in [0.3, 0.4) is 0 Å². The first-order valence-corrected chi connectivity index (χ1v) is 6.04. The summed E-state index contributed by atoms with van der Waals surface area (Å²) in [5.74, 6) is -1.29. The Morgan fingerprint density at radius 1 is 1.61 bits per heavy atom. The number of hydrogen-bond acceptors (Lipinski definition) is 4. The first-order chi connectivity index (χ1) is 8.50. The lowest BCUT2D eigenvalue weighted by molar-refractivity contribution is -0.128. The molecule has 1 heterocycles. The summed E-state index contributed by atoms with van der Waals surface area (Å²) in [6.45, 7) is 2.24. The van der Waals surface area contributed by atoms with Crippen LogP contribution in [0.1, 0.15) is 26.2 Å². The molecule has 6 nitrogen and oxygen atoms in total. The molecule has 3 N–H and O–H groups in total. The average Bonchev–Trinajstić information content (AvgIpc) is 2.52. The number of rotatable bonds is 5. The standard InChI is InChI=1S/C12H19N2O4/c1-8(12(13)17)4-5-11(16)14-9-3-2-6-18-7-10(9)15/h5,8-9H,2-4,6-7H2,1H3,(H2,13,17)(H,14,16)/t8-,9-/m0/s1. The number of Topliss-reactive ketones (excluding diaryl/α,β-unsaturated/α-hetero) is 1. The molecule has 0 unspecified atom stereocenters. The van der Waals surface area contributed by atoms with Crippen LogP contribution in [0.5, 0.6) is 0 Å². The fourth-order valence-electron chi connectivity index (χ4n) is 1.61. The van der Waals surface area contributed by atoms with Gasteiger partial charge in [0.25, 0.3) is 0 Å².